The van der Waals surface area contributed by atoms with E-state index in [-0.39, 0.29) is 17.8 Å². The summed E-state index contributed by atoms with van der Waals surface area (Å²) in [5, 5.41) is 8.89. The van der Waals surface area contributed by atoms with E-state index in [0.717, 1.165) is 25.2 Å². The summed E-state index contributed by atoms with van der Waals surface area (Å²) < 4.78 is 12.8. The molecule has 1 fully saturated rings. The Morgan fingerprint density at radius 3 is 2.63 bits per heavy atom. The summed E-state index contributed by atoms with van der Waals surface area (Å²) in [5.74, 6) is -0.440. The largest absolute Gasteiger partial charge is 0.387 e. The molecule has 4 nitrogen and oxygen atoms in total. The van der Waals surface area contributed by atoms with Crippen molar-refractivity contribution >= 4 is 5.91 Å². The highest BCUT2D eigenvalue weighted by molar-refractivity contribution is 5.77. The van der Waals surface area contributed by atoms with Gasteiger partial charge in [0.2, 0.25) is 5.91 Å². The smallest absolute Gasteiger partial charge is 0.248 e. The van der Waals surface area contributed by atoms with Crippen LogP contribution in [0.1, 0.15) is 12.5 Å². The van der Waals surface area contributed by atoms with Gasteiger partial charge < -0.3 is 10.0 Å². The quantitative estimate of drug-likeness (QED) is 0.882. The van der Waals surface area contributed by atoms with E-state index >= 15 is 0 Å². The third kappa shape index (κ3) is 3.52. The number of benzene rings is 1. The number of hydrogen-bond donors (Lipinski definition) is 1. The summed E-state index contributed by atoms with van der Waals surface area (Å²) in [4.78, 5) is 15.4. The Labute approximate surface area is 112 Å². The number of piperazine rings is 1. The molecule has 2 rings (SSSR count). The van der Waals surface area contributed by atoms with Crippen molar-refractivity contribution < 1.29 is 14.3 Å². The molecule has 1 aromatic rings. The number of hydrogen-bond acceptors (Lipinski definition) is 3. The predicted octanol–water partition coefficient (Wildman–Crippen LogP) is 0.851. The molecule has 1 atom stereocenters. The van der Waals surface area contributed by atoms with E-state index in [4.69, 9.17) is 5.11 Å². The van der Waals surface area contributed by atoms with Gasteiger partial charge in [0.25, 0.3) is 0 Å². The molecule has 1 heterocycles. The van der Waals surface area contributed by atoms with Gasteiger partial charge in [0.15, 0.2) is 0 Å². The highest BCUT2D eigenvalue weighted by atomic mass is 19.1. The third-order valence-corrected chi connectivity index (χ3v) is 3.49. The van der Waals surface area contributed by atoms with Gasteiger partial charge in [-0.1, -0.05) is 12.1 Å². The van der Waals surface area contributed by atoms with Crippen molar-refractivity contribution in [2.45, 2.75) is 19.5 Å². The lowest BCUT2D eigenvalue weighted by molar-refractivity contribution is -0.138. The summed E-state index contributed by atoms with van der Waals surface area (Å²) in [5.41, 5.74) is 1.07. The molecule has 1 aliphatic heterocycles. The first-order valence-corrected chi connectivity index (χ1v) is 6.47. The van der Waals surface area contributed by atoms with Crippen molar-refractivity contribution in [1.29, 1.82) is 0 Å². The first-order chi connectivity index (χ1) is 9.10. The van der Waals surface area contributed by atoms with Crippen LogP contribution in [0.5, 0.6) is 0 Å². The number of aliphatic hydroxyl groups excluding tert-OH is 1. The van der Waals surface area contributed by atoms with Crippen LogP contribution in [0.2, 0.25) is 0 Å². The standard InChI is InChI=1S/C14H19FN2O2/c1-11-8-16(6-7-17(11)14(19)10-18)9-12-2-4-13(15)5-3-12/h2-5,11,18H,6-10H2,1H3. The van der Waals surface area contributed by atoms with Gasteiger partial charge in [0.1, 0.15) is 12.4 Å². The number of nitrogens with zero attached hydrogens (tertiary/aromatic N) is 2. The summed E-state index contributed by atoms with van der Waals surface area (Å²) >= 11 is 0. The highest BCUT2D eigenvalue weighted by Gasteiger charge is 2.26. The summed E-state index contributed by atoms with van der Waals surface area (Å²) in [6, 6.07) is 6.58. The van der Waals surface area contributed by atoms with Crippen LogP contribution >= 0.6 is 0 Å². The van der Waals surface area contributed by atoms with E-state index in [1.807, 2.05) is 6.92 Å². The molecule has 1 aliphatic rings. The minimum Gasteiger partial charge on any atom is -0.387 e. The van der Waals surface area contributed by atoms with E-state index in [2.05, 4.69) is 4.90 Å². The maximum absolute atomic E-state index is 12.8. The lowest BCUT2D eigenvalue weighted by Gasteiger charge is -2.39. The van der Waals surface area contributed by atoms with Crippen molar-refractivity contribution in [1.82, 2.24) is 9.80 Å². The van der Waals surface area contributed by atoms with Crippen LogP contribution in [0.4, 0.5) is 4.39 Å². The lowest BCUT2D eigenvalue weighted by atomic mass is 10.1. The average molecular weight is 266 g/mol. The van der Waals surface area contributed by atoms with Crippen LogP contribution in [0.15, 0.2) is 24.3 Å². The Morgan fingerprint density at radius 2 is 2.05 bits per heavy atom. The molecule has 104 valence electrons. The van der Waals surface area contributed by atoms with Crippen molar-refractivity contribution in [3.05, 3.63) is 35.6 Å². The number of halogens is 1. The Bertz CT molecular complexity index is 436. The minimum atomic E-state index is -0.428. The average Bonchev–Trinajstić information content (AvgIpc) is 2.41. The Morgan fingerprint density at radius 1 is 1.37 bits per heavy atom. The molecule has 0 spiro atoms. The summed E-state index contributed by atoms with van der Waals surface area (Å²) in [6.45, 7) is 4.47. The van der Waals surface area contributed by atoms with Crippen molar-refractivity contribution in [3.63, 3.8) is 0 Å². The number of amides is 1. The number of aliphatic hydroxyl groups is 1. The minimum absolute atomic E-state index is 0.0915. The molecule has 1 saturated heterocycles. The van der Waals surface area contributed by atoms with Gasteiger partial charge in [-0.2, -0.15) is 0 Å². The fourth-order valence-corrected chi connectivity index (χ4v) is 2.49. The fourth-order valence-electron chi connectivity index (χ4n) is 2.49. The first kappa shape index (κ1) is 14.0. The van der Waals surface area contributed by atoms with E-state index in [1.54, 1.807) is 17.0 Å². The maximum Gasteiger partial charge on any atom is 0.248 e. The van der Waals surface area contributed by atoms with Crippen LogP contribution in [0.25, 0.3) is 0 Å². The summed E-state index contributed by atoms with van der Waals surface area (Å²) in [7, 11) is 0. The molecule has 1 aromatic carbocycles. The Kier molecular flexibility index (Phi) is 4.50. The molecule has 0 bridgehead atoms. The zero-order chi connectivity index (χ0) is 13.8. The van der Waals surface area contributed by atoms with Gasteiger partial charge in [0.05, 0.1) is 0 Å². The number of carbonyl (C=O) groups is 1. The molecule has 0 saturated carbocycles. The van der Waals surface area contributed by atoms with Crippen LogP contribution < -0.4 is 0 Å². The zero-order valence-electron chi connectivity index (χ0n) is 11.1. The number of carbonyl (C=O) groups excluding carboxylic acids is 1. The van der Waals surface area contributed by atoms with Crippen molar-refractivity contribution in [3.8, 4) is 0 Å². The van der Waals surface area contributed by atoms with Crippen LogP contribution in [0, 0.1) is 5.82 Å². The van der Waals surface area contributed by atoms with Gasteiger partial charge in [0, 0.05) is 32.2 Å². The molecule has 5 heteroatoms. The molecular weight excluding hydrogens is 247 g/mol. The first-order valence-electron chi connectivity index (χ1n) is 6.47. The van der Waals surface area contributed by atoms with Crippen LogP contribution in [-0.4, -0.2) is 53.1 Å². The molecule has 1 amide bonds. The van der Waals surface area contributed by atoms with Crippen LogP contribution in [-0.2, 0) is 11.3 Å². The second kappa shape index (κ2) is 6.12. The molecule has 1 unspecified atom stereocenters. The number of rotatable bonds is 3. The van der Waals surface area contributed by atoms with Gasteiger partial charge in [-0.25, -0.2) is 4.39 Å². The normalized spacial score (nSPS) is 20.6. The van der Waals surface area contributed by atoms with E-state index in [9.17, 15) is 9.18 Å². The van der Waals surface area contributed by atoms with Gasteiger partial charge in [-0.3, -0.25) is 9.69 Å². The third-order valence-electron chi connectivity index (χ3n) is 3.49. The van der Waals surface area contributed by atoms with E-state index < -0.39 is 6.61 Å². The highest BCUT2D eigenvalue weighted by Crippen LogP contribution is 2.13. The topological polar surface area (TPSA) is 43.8 Å². The molecule has 0 aliphatic carbocycles. The molecule has 0 aromatic heterocycles. The lowest BCUT2D eigenvalue weighted by Crippen LogP contribution is -2.54. The van der Waals surface area contributed by atoms with Crippen LogP contribution in [0.3, 0.4) is 0 Å². The van der Waals surface area contributed by atoms with Crippen molar-refractivity contribution in [2.75, 3.05) is 26.2 Å². The SMILES string of the molecule is CC1CN(Cc2ccc(F)cc2)CCN1C(=O)CO. The molecule has 0 radical (unpaired) electrons. The Balaban J connectivity index is 1.91. The van der Waals surface area contributed by atoms with Crippen molar-refractivity contribution in [2.24, 2.45) is 0 Å². The maximum atomic E-state index is 12.8. The monoisotopic (exact) mass is 266 g/mol. The fraction of sp³-hybridized carbons (Fsp3) is 0.500. The van der Waals surface area contributed by atoms with Gasteiger partial charge in [-0.05, 0) is 24.6 Å². The molecular formula is C14H19FN2O2. The molecule has 19 heavy (non-hydrogen) atoms. The van der Waals surface area contributed by atoms with E-state index in [1.165, 1.54) is 12.1 Å². The van der Waals surface area contributed by atoms with Gasteiger partial charge in [-0.15, -0.1) is 0 Å². The molecule has 1 N–H and O–H groups in total. The zero-order valence-corrected chi connectivity index (χ0v) is 11.1. The second-order valence-electron chi connectivity index (χ2n) is 4.96. The summed E-state index contributed by atoms with van der Waals surface area (Å²) in [6.07, 6.45) is 0. The van der Waals surface area contributed by atoms with E-state index in [0.29, 0.717) is 6.54 Å². The predicted molar refractivity (Wildman–Crippen MR) is 69.9 cm³/mol. The van der Waals surface area contributed by atoms with Gasteiger partial charge >= 0.3 is 0 Å². The Hall–Kier alpha value is -1.46. The second-order valence-corrected chi connectivity index (χ2v) is 4.96.